The highest BCUT2D eigenvalue weighted by molar-refractivity contribution is 9.10. The SMILES string of the molecule is CSc1nnc(C)c(Cc2ccccc2Br)n1. The molecule has 0 unspecified atom stereocenters. The number of nitrogens with zero attached hydrogens (tertiary/aromatic N) is 3. The Kier molecular flexibility index (Phi) is 4.12. The molecule has 0 saturated carbocycles. The van der Waals surface area contributed by atoms with Gasteiger partial charge in [0.25, 0.3) is 0 Å². The number of aryl methyl sites for hydroxylation is 1. The largest absolute Gasteiger partial charge is 0.224 e. The lowest BCUT2D eigenvalue weighted by Gasteiger charge is -2.06. The van der Waals surface area contributed by atoms with Crippen molar-refractivity contribution >= 4 is 27.7 Å². The Labute approximate surface area is 113 Å². The smallest absolute Gasteiger partial charge is 0.209 e. The van der Waals surface area contributed by atoms with E-state index in [9.17, 15) is 0 Å². The van der Waals surface area contributed by atoms with Crippen LogP contribution in [0.25, 0.3) is 0 Å². The molecule has 5 heteroatoms. The van der Waals surface area contributed by atoms with E-state index in [-0.39, 0.29) is 0 Å². The standard InChI is InChI=1S/C12H12BrN3S/c1-8-11(14-12(17-2)16-15-8)7-9-5-3-4-6-10(9)13/h3-6H,7H2,1-2H3. The summed E-state index contributed by atoms with van der Waals surface area (Å²) in [6.07, 6.45) is 2.73. The van der Waals surface area contributed by atoms with E-state index >= 15 is 0 Å². The summed E-state index contributed by atoms with van der Waals surface area (Å²) >= 11 is 5.05. The van der Waals surface area contributed by atoms with E-state index in [4.69, 9.17) is 0 Å². The number of rotatable bonds is 3. The number of hydrogen-bond donors (Lipinski definition) is 0. The number of benzene rings is 1. The summed E-state index contributed by atoms with van der Waals surface area (Å²) in [5, 5.41) is 8.86. The summed E-state index contributed by atoms with van der Waals surface area (Å²) in [7, 11) is 0. The van der Waals surface area contributed by atoms with Gasteiger partial charge in [0, 0.05) is 10.9 Å². The minimum absolute atomic E-state index is 0.720. The van der Waals surface area contributed by atoms with Crippen LogP contribution in [0.1, 0.15) is 17.0 Å². The Morgan fingerprint density at radius 3 is 2.71 bits per heavy atom. The highest BCUT2D eigenvalue weighted by atomic mass is 79.9. The molecular formula is C12H12BrN3S. The fraction of sp³-hybridized carbons (Fsp3) is 0.250. The zero-order valence-electron chi connectivity index (χ0n) is 9.64. The van der Waals surface area contributed by atoms with Gasteiger partial charge in [-0.1, -0.05) is 45.9 Å². The number of aromatic nitrogens is 3. The Bertz CT molecular complexity index is 531. The van der Waals surface area contributed by atoms with E-state index in [1.807, 2.05) is 31.4 Å². The molecule has 0 saturated heterocycles. The van der Waals surface area contributed by atoms with Crippen LogP contribution in [-0.4, -0.2) is 21.4 Å². The van der Waals surface area contributed by atoms with Crippen LogP contribution in [0, 0.1) is 6.92 Å². The first-order valence-electron chi connectivity index (χ1n) is 5.18. The van der Waals surface area contributed by atoms with Crippen LogP contribution in [0.3, 0.4) is 0 Å². The lowest BCUT2D eigenvalue weighted by atomic mass is 10.1. The van der Waals surface area contributed by atoms with Gasteiger partial charge in [-0.05, 0) is 24.8 Å². The molecule has 1 heterocycles. The molecule has 0 N–H and O–H groups in total. The Morgan fingerprint density at radius 1 is 1.24 bits per heavy atom. The first-order chi connectivity index (χ1) is 8.20. The molecule has 1 aromatic carbocycles. The quantitative estimate of drug-likeness (QED) is 0.816. The van der Waals surface area contributed by atoms with Gasteiger partial charge in [-0.2, -0.15) is 5.10 Å². The van der Waals surface area contributed by atoms with Gasteiger partial charge >= 0.3 is 0 Å². The molecule has 0 radical (unpaired) electrons. The lowest BCUT2D eigenvalue weighted by molar-refractivity contribution is 0.774. The summed E-state index contributed by atoms with van der Waals surface area (Å²) < 4.78 is 1.10. The highest BCUT2D eigenvalue weighted by Gasteiger charge is 2.07. The summed E-state index contributed by atoms with van der Waals surface area (Å²) in [5.41, 5.74) is 3.08. The molecule has 3 nitrogen and oxygen atoms in total. The van der Waals surface area contributed by atoms with Crippen LogP contribution in [0.5, 0.6) is 0 Å². The van der Waals surface area contributed by atoms with Crippen molar-refractivity contribution in [1.29, 1.82) is 0 Å². The van der Waals surface area contributed by atoms with Gasteiger partial charge in [0.2, 0.25) is 5.16 Å². The number of halogens is 1. The molecule has 88 valence electrons. The summed E-state index contributed by atoms with van der Waals surface area (Å²) in [4.78, 5) is 4.50. The topological polar surface area (TPSA) is 38.7 Å². The molecule has 0 atom stereocenters. The minimum atomic E-state index is 0.720. The van der Waals surface area contributed by atoms with Crippen molar-refractivity contribution in [2.75, 3.05) is 6.26 Å². The molecule has 17 heavy (non-hydrogen) atoms. The first kappa shape index (κ1) is 12.5. The molecule has 0 aliphatic rings. The molecule has 2 rings (SSSR count). The second-order valence-corrected chi connectivity index (χ2v) is 5.23. The molecule has 1 aromatic heterocycles. The lowest BCUT2D eigenvalue weighted by Crippen LogP contribution is -2.03. The first-order valence-corrected chi connectivity index (χ1v) is 7.20. The Balaban J connectivity index is 2.32. The third kappa shape index (κ3) is 3.04. The number of hydrogen-bond acceptors (Lipinski definition) is 4. The van der Waals surface area contributed by atoms with E-state index in [1.54, 1.807) is 0 Å². The minimum Gasteiger partial charge on any atom is -0.224 e. The van der Waals surface area contributed by atoms with Crippen LogP contribution >= 0.6 is 27.7 Å². The van der Waals surface area contributed by atoms with E-state index in [0.29, 0.717) is 0 Å². The maximum atomic E-state index is 4.50. The molecule has 0 aliphatic heterocycles. The average Bonchev–Trinajstić information content (AvgIpc) is 2.35. The molecule has 0 amide bonds. The van der Waals surface area contributed by atoms with Crippen molar-refractivity contribution in [2.45, 2.75) is 18.5 Å². The highest BCUT2D eigenvalue weighted by Crippen LogP contribution is 2.20. The van der Waals surface area contributed by atoms with E-state index in [0.717, 1.165) is 27.4 Å². The van der Waals surface area contributed by atoms with Crippen molar-refractivity contribution in [3.05, 3.63) is 45.7 Å². The average molecular weight is 310 g/mol. The maximum absolute atomic E-state index is 4.50. The van der Waals surface area contributed by atoms with Crippen LogP contribution < -0.4 is 0 Å². The van der Waals surface area contributed by atoms with Gasteiger partial charge in [-0.3, -0.25) is 0 Å². The van der Waals surface area contributed by atoms with Crippen LogP contribution in [0.4, 0.5) is 0 Å². The van der Waals surface area contributed by atoms with Gasteiger partial charge in [0.1, 0.15) is 0 Å². The fourth-order valence-corrected chi connectivity index (χ4v) is 2.22. The fourth-order valence-electron chi connectivity index (χ4n) is 1.47. The summed E-state index contributed by atoms with van der Waals surface area (Å²) in [5.74, 6) is 0. The summed E-state index contributed by atoms with van der Waals surface area (Å²) in [6.45, 7) is 1.94. The van der Waals surface area contributed by atoms with Crippen molar-refractivity contribution in [3.63, 3.8) is 0 Å². The third-order valence-electron chi connectivity index (χ3n) is 2.43. The zero-order valence-corrected chi connectivity index (χ0v) is 12.0. The molecular weight excluding hydrogens is 298 g/mol. The van der Waals surface area contributed by atoms with Gasteiger partial charge in [0.15, 0.2) is 0 Å². The third-order valence-corrected chi connectivity index (χ3v) is 3.74. The normalized spacial score (nSPS) is 10.5. The van der Waals surface area contributed by atoms with Gasteiger partial charge < -0.3 is 0 Å². The van der Waals surface area contributed by atoms with E-state index in [1.165, 1.54) is 17.3 Å². The number of thioether (sulfide) groups is 1. The van der Waals surface area contributed by atoms with Crippen LogP contribution in [0.2, 0.25) is 0 Å². The van der Waals surface area contributed by atoms with Gasteiger partial charge in [-0.25, -0.2) is 4.98 Å². The monoisotopic (exact) mass is 309 g/mol. The second-order valence-electron chi connectivity index (χ2n) is 3.60. The van der Waals surface area contributed by atoms with Crippen molar-refractivity contribution in [2.24, 2.45) is 0 Å². The molecule has 0 fully saturated rings. The molecule has 2 aromatic rings. The molecule has 0 aliphatic carbocycles. The Morgan fingerprint density at radius 2 is 2.00 bits per heavy atom. The molecule has 0 spiro atoms. The second kappa shape index (κ2) is 5.60. The predicted octanol–water partition coefficient (Wildman–Crippen LogP) is 3.26. The van der Waals surface area contributed by atoms with Crippen LogP contribution in [-0.2, 0) is 6.42 Å². The molecule has 0 bridgehead atoms. The van der Waals surface area contributed by atoms with E-state index in [2.05, 4.69) is 37.2 Å². The van der Waals surface area contributed by atoms with Crippen molar-refractivity contribution in [3.8, 4) is 0 Å². The van der Waals surface area contributed by atoms with Crippen LogP contribution in [0.15, 0.2) is 33.9 Å². The van der Waals surface area contributed by atoms with E-state index < -0.39 is 0 Å². The van der Waals surface area contributed by atoms with Gasteiger partial charge in [-0.15, -0.1) is 5.10 Å². The summed E-state index contributed by atoms with van der Waals surface area (Å²) in [6, 6.07) is 8.16. The van der Waals surface area contributed by atoms with Crippen molar-refractivity contribution in [1.82, 2.24) is 15.2 Å². The maximum Gasteiger partial charge on any atom is 0.209 e. The van der Waals surface area contributed by atoms with Gasteiger partial charge in [0.05, 0.1) is 11.4 Å². The van der Waals surface area contributed by atoms with Crippen molar-refractivity contribution < 1.29 is 0 Å². The predicted molar refractivity (Wildman–Crippen MR) is 73.3 cm³/mol. The zero-order chi connectivity index (χ0) is 12.3. The Hall–Kier alpha value is -0.940.